The summed E-state index contributed by atoms with van der Waals surface area (Å²) in [7, 11) is 0. The van der Waals surface area contributed by atoms with Gasteiger partial charge < -0.3 is 9.57 Å². The van der Waals surface area contributed by atoms with Crippen molar-refractivity contribution in [2.24, 2.45) is 0 Å². The maximum absolute atomic E-state index is 12.9. The van der Waals surface area contributed by atoms with Crippen LogP contribution < -0.4 is 4.74 Å². The van der Waals surface area contributed by atoms with Gasteiger partial charge in [0.15, 0.2) is 0 Å². The van der Waals surface area contributed by atoms with E-state index in [-0.39, 0.29) is 16.7 Å². The van der Waals surface area contributed by atoms with Gasteiger partial charge in [0.05, 0.1) is 16.5 Å². The minimum atomic E-state index is -4.87. The van der Waals surface area contributed by atoms with Crippen LogP contribution in [0.3, 0.4) is 0 Å². The number of rotatable bonds is 4. The lowest BCUT2D eigenvalue weighted by Crippen LogP contribution is -2.47. The maximum Gasteiger partial charge on any atom is 0.573 e. The number of amides is 2. The number of imide groups is 1. The fourth-order valence-corrected chi connectivity index (χ4v) is 3.55. The van der Waals surface area contributed by atoms with Gasteiger partial charge in [-0.2, -0.15) is 0 Å². The predicted molar refractivity (Wildman–Crippen MR) is 91.7 cm³/mol. The molecule has 4 rings (SSSR count). The molecule has 1 aliphatic carbocycles. The Hall–Kier alpha value is -3.36. The highest BCUT2D eigenvalue weighted by atomic mass is 19.4. The average Bonchev–Trinajstić information content (AvgIpc) is 2.85. The number of hydrogen-bond acceptors (Lipinski definition) is 5. The van der Waals surface area contributed by atoms with Crippen LogP contribution in [-0.2, 0) is 15.0 Å². The second-order valence-electron chi connectivity index (χ2n) is 6.84. The minimum absolute atomic E-state index is 0.119. The van der Waals surface area contributed by atoms with E-state index in [2.05, 4.69) is 4.74 Å². The lowest BCUT2D eigenvalue weighted by molar-refractivity contribution is -0.274. The van der Waals surface area contributed by atoms with Crippen molar-refractivity contribution < 1.29 is 37.1 Å². The highest BCUT2D eigenvalue weighted by Crippen LogP contribution is 2.46. The largest absolute Gasteiger partial charge is 0.573 e. The van der Waals surface area contributed by atoms with E-state index >= 15 is 0 Å². The third-order valence-corrected chi connectivity index (χ3v) is 5.15. The number of hydroxylamine groups is 2. The Morgan fingerprint density at radius 1 is 0.966 bits per heavy atom. The molecule has 2 aromatic rings. The summed E-state index contributed by atoms with van der Waals surface area (Å²) in [4.78, 5) is 42.9. The lowest BCUT2D eigenvalue weighted by atomic mass is 9.64. The Morgan fingerprint density at radius 2 is 1.59 bits per heavy atom. The summed E-state index contributed by atoms with van der Waals surface area (Å²) in [6, 6.07) is 11.1. The molecule has 0 aromatic heterocycles. The van der Waals surface area contributed by atoms with Gasteiger partial charge in [-0.25, -0.2) is 4.79 Å². The number of carbonyl (C=O) groups is 3. The molecule has 150 valence electrons. The van der Waals surface area contributed by atoms with Crippen LogP contribution in [0.15, 0.2) is 48.5 Å². The Bertz CT molecular complexity index is 978. The fraction of sp³-hybridized carbons (Fsp3) is 0.250. The predicted octanol–water partition coefficient (Wildman–Crippen LogP) is 3.76. The Labute approximate surface area is 162 Å². The summed E-state index contributed by atoms with van der Waals surface area (Å²) in [6.07, 6.45) is -3.61. The zero-order valence-electron chi connectivity index (χ0n) is 14.9. The summed E-state index contributed by atoms with van der Waals surface area (Å²) in [5, 5.41) is 0.406. The summed E-state index contributed by atoms with van der Waals surface area (Å²) >= 11 is 0. The molecule has 0 radical (unpaired) electrons. The van der Waals surface area contributed by atoms with Crippen molar-refractivity contribution in [3.05, 3.63) is 65.2 Å². The molecule has 0 bridgehead atoms. The van der Waals surface area contributed by atoms with Crippen LogP contribution in [0.2, 0.25) is 0 Å². The number of halogens is 3. The number of nitrogens with zero attached hydrogens (tertiary/aromatic N) is 1. The molecule has 29 heavy (non-hydrogen) atoms. The van der Waals surface area contributed by atoms with E-state index < -0.39 is 35.3 Å². The first kappa shape index (κ1) is 19.0. The Morgan fingerprint density at radius 3 is 2.10 bits per heavy atom. The molecule has 2 aliphatic rings. The standard InChI is InChI=1S/C20H14F3NO5/c21-20(22,23)28-13-6-3-5-12(11-13)19(9-4-10-19)18(27)29-24-16(25)14-7-1-2-8-15(14)17(24)26/h1-3,5-8,11H,4,9-10H2. The van der Waals surface area contributed by atoms with E-state index in [1.54, 1.807) is 12.1 Å². The van der Waals surface area contributed by atoms with Crippen molar-refractivity contribution in [1.29, 1.82) is 0 Å². The van der Waals surface area contributed by atoms with E-state index in [4.69, 9.17) is 4.84 Å². The smallest absolute Gasteiger partial charge is 0.406 e. The molecule has 9 heteroatoms. The number of fused-ring (bicyclic) bond motifs is 1. The number of hydrogen-bond donors (Lipinski definition) is 0. The van der Waals surface area contributed by atoms with Crippen LogP contribution >= 0.6 is 0 Å². The quantitative estimate of drug-likeness (QED) is 0.725. The molecule has 0 saturated heterocycles. The maximum atomic E-state index is 12.9. The van der Waals surface area contributed by atoms with Gasteiger partial charge in [-0.1, -0.05) is 35.7 Å². The van der Waals surface area contributed by atoms with E-state index in [1.807, 2.05) is 0 Å². The van der Waals surface area contributed by atoms with Crippen molar-refractivity contribution in [3.8, 4) is 5.75 Å². The molecule has 0 atom stereocenters. The number of ether oxygens (including phenoxy) is 1. The molecule has 1 heterocycles. The molecule has 6 nitrogen and oxygen atoms in total. The first-order valence-electron chi connectivity index (χ1n) is 8.78. The van der Waals surface area contributed by atoms with Crippen molar-refractivity contribution in [2.45, 2.75) is 31.0 Å². The highest BCUT2D eigenvalue weighted by molar-refractivity contribution is 6.21. The summed E-state index contributed by atoms with van der Waals surface area (Å²) in [5.74, 6) is -2.86. The monoisotopic (exact) mass is 405 g/mol. The first-order chi connectivity index (χ1) is 13.7. The lowest BCUT2D eigenvalue weighted by Gasteiger charge is -2.39. The zero-order chi connectivity index (χ0) is 20.8. The van der Waals surface area contributed by atoms with Crippen LogP contribution in [-0.4, -0.2) is 29.2 Å². The molecule has 2 amide bonds. The Balaban J connectivity index is 1.59. The second kappa shape index (κ2) is 6.61. The Kier molecular flexibility index (Phi) is 4.33. The molecule has 1 saturated carbocycles. The van der Waals surface area contributed by atoms with Gasteiger partial charge in [0.25, 0.3) is 11.8 Å². The number of benzene rings is 2. The molecule has 0 spiro atoms. The average molecular weight is 405 g/mol. The number of alkyl halides is 3. The van der Waals surface area contributed by atoms with Gasteiger partial charge in [-0.15, -0.1) is 13.2 Å². The van der Waals surface area contributed by atoms with Crippen LogP contribution in [0, 0.1) is 0 Å². The van der Waals surface area contributed by atoms with E-state index in [0.717, 1.165) is 12.1 Å². The molecule has 2 aromatic carbocycles. The molecular weight excluding hydrogens is 391 g/mol. The van der Waals surface area contributed by atoms with Crippen molar-refractivity contribution >= 4 is 17.8 Å². The molecule has 1 aliphatic heterocycles. The van der Waals surface area contributed by atoms with Crippen LogP contribution in [0.4, 0.5) is 13.2 Å². The van der Waals surface area contributed by atoms with Crippen molar-refractivity contribution in [2.75, 3.05) is 0 Å². The molecule has 1 fully saturated rings. The van der Waals surface area contributed by atoms with Crippen LogP contribution in [0.25, 0.3) is 0 Å². The van der Waals surface area contributed by atoms with E-state index in [9.17, 15) is 27.6 Å². The van der Waals surface area contributed by atoms with E-state index in [0.29, 0.717) is 24.3 Å². The van der Waals surface area contributed by atoms with Crippen molar-refractivity contribution in [1.82, 2.24) is 5.06 Å². The van der Waals surface area contributed by atoms with E-state index in [1.165, 1.54) is 24.3 Å². The topological polar surface area (TPSA) is 72.9 Å². The third-order valence-electron chi connectivity index (χ3n) is 5.15. The fourth-order valence-electron chi connectivity index (χ4n) is 3.55. The SMILES string of the molecule is O=C1c2ccccc2C(=O)N1OC(=O)C1(c2cccc(OC(F)(F)F)c2)CCC1. The van der Waals surface area contributed by atoms with Crippen molar-refractivity contribution in [3.63, 3.8) is 0 Å². The third kappa shape index (κ3) is 3.22. The van der Waals surface area contributed by atoms with Gasteiger partial charge in [0, 0.05) is 0 Å². The second-order valence-corrected chi connectivity index (χ2v) is 6.84. The van der Waals surface area contributed by atoms with Gasteiger partial charge in [0.2, 0.25) is 0 Å². The van der Waals surface area contributed by atoms with Crippen LogP contribution in [0.1, 0.15) is 45.5 Å². The molecule has 0 N–H and O–H groups in total. The normalized spacial score (nSPS) is 17.6. The van der Waals surface area contributed by atoms with Gasteiger partial charge in [-0.3, -0.25) is 9.59 Å². The van der Waals surface area contributed by atoms with Crippen LogP contribution in [0.5, 0.6) is 5.75 Å². The highest BCUT2D eigenvalue weighted by Gasteiger charge is 2.50. The zero-order valence-corrected chi connectivity index (χ0v) is 14.9. The number of carbonyl (C=O) groups excluding carboxylic acids is 3. The van der Waals surface area contributed by atoms with Gasteiger partial charge in [-0.05, 0) is 42.7 Å². The first-order valence-corrected chi connectivity index (χ1v) is 8.78. The van der Waals surface area contributed by atoms with Gasteiger partial charge >= 0.3 is 12.3 Å². The molecule has 0 unspecified atom stereocenters. The summed E-state index contributed by atoms with van der Waals surface area (Å²) < 4.78 is 41.5. The molecular formula is C20H14F3NO5. The summed E-state index contributed by atoms with van der Waals surface area (Å²) in [5.41, 5.74) is -0.741. The summed E-state index contributed by atoms with van der Waals surface area (Å²) in [6.45, 7) is 0. The van der Waals surface area contributed by atoms with Gasteiger partial charge in [0.1, 0.15) is 5.75 Å². The minimum Gasteiger partial charge on any atom is -0.406 e.